The van der Waals surface area contributed by atoms with Crippen molar-refractivity contribution in [2.75, 3.05) is 23.7 Å². The van der Waals surface area contributed by atoms with Gasteiger partial charge in [0.1, 0.15) is 5.54 Å². The molecule has 1 unspecified atom stereocenters. The summed E-state index contributed by atoms with van der Waals surface area (Å²) in [6.07, 6.45) is 5.30. The number of hydrogen-bond acceptors (Lipinski definition) is 4. The van der Waals surface area contributed by atoms with Gasteiger partial charge < -0.3 is 5.32 Å². The van der Waals surface area contributed by atoms with E-state index in [1.165, 1.54) is 9.21 Å². The molecule has 1 aliphatic carbocycles. The third kappa shape index (κ3) is 4.54. The van der Waals surface area contributed by atoms with Gasteiger partial charge in [-0.2, -0.15) is 4.31 Å². The molecule has 0 aromatic heterocycles. The number of nitrogens with one attached hydrogen (secondary N) is 1. The topological polar surface area (TPSA) is 86.8 Å². The summed E-state index contributed by atoms with van der Waals surface area (Å²) < 4.78 is 26.7. The second-order valence-electron chi connectivity index (χ2n) is 8.56. The fourth-order valence-electron chi connectivity index (χ4n) is 4.44. The quantitative estimate of drug-likeness (QED) is 0.713. The van der Waals surface area contributed by atoms with Gasteiger partial charge in [-0.3, -0.25) is 14.5 Å². The molecule has 1 saturated heterocycles. The highest BCUT2D eigenvalue weighted by Crippen LogP contribution is 2.32. The van der Waals surface area contributed by atoms with Gasteiger partial charge in [0.25, 0.3) is 0 Å². The maximum Gasteiger partial charge on any atom is 0.247 e. The van der Waals surface area contributed by atoms with Crippen LogP contribution in [0.25, 0.3) is 0 Å². The molecule has 0 spiro atoms. The number of carbonyl (C=O) groups excluding carboxylic acids is 2. The van der Waals surface area contributed by atoms with Crippen LogP contribution in [0.3, 0.4) is 0 Å². The van der Waals surface area contributed by atoms with E-state index in [9.17, 15) is 18.0 Å². The van der Waals surface area contributed by atoms with Crippen LogP contribution >= 0.6 is 0 Å². The third-order valence-electron chi connectivity index (χ3n) is 6.18. The third-order valence-corrected chi connectivity index (χ3v) is 8.15. The van der Waals surface area contributed by atoms with Crippen LogP contribution in [0.5, 0.6) is 0 Å². The highest BCUT2D eigenvalue weighted by atomic mass is 32.2. The van der Waals surface area contributed by atoms with Crippen molar-refractivity contribution in [3.05, 3.63) is 29.8 Å². The van der Waals surface area contributed by atoms with E-state index in [4.69, 9.17) is 0 Å². The summed E-state index contributed by atoms with van der Waals surface area (Å²) in [6.45, 7) is 5.23. The Hall–Kier alpha value is -1.93. The van der Waals surface area contributed by atoms with Gasteiger partial charge in [0, 0.05) is 18.3 Å². The summed E-state index contributed by atoms with van der Waals surface area (Å²) >= 11 is 0. The van der Waals surface area contributed by atoms with E-state index < -0.39 is 15.6 Å². The van der Waals surface area contributed by atoms with Gasteiger partial charge in [-0.25, -0.2) is 8.42 Å². The van der Waals surface area contributed by atoms with Crippen LogP contribution in [0.2, 0.25) is 0 Å². The lowest BCUT2D eigenvalue weighted by atomic mass is 9.93. The number of benzene rings is 1. The van der Waals surface area contributed by atoms with E-state index in [0.29, 0.717) is 12.1 Å². The van der Waals surface area contributed by atoms with E-state index in [1.54, 1.807) is 13.8 Å². The average Bonchev–Trinajstić information content (AvgIpc) is 3.21. The zero-order valence-corrected chi connectivity index (χ0v) is 19.0. The van der Waals surface area contributed by atoms with Crippen LogP contribution < -0.4 is 10.2 Å². The molecule has 0 radical (unpaired) electrons. The number of sulfonamides is 1. The number of carbonyl (C=O) groups is 2. The van der Waals surface area contributed by atoms with Crippen LogP contribution in [-0.2, 0) is 26.0 Å². The van der Waals surface area contributed by atoms with Crippen molar-refractivity contribution in [2.24, 2.45) is 0 Å². The average molecular weight is 436 g/mol. The van der Waals surface area contributed by atoms with E-state index in [-0.39, 0.29) is 36.7 Å². The smallest absolute Gasteiger partial charge is 0.247 e. The fourth-order valence-corrected chi connectivity index (χ4v) is 5.97. The first-order chi connectivity index (χ1) is 14.2. The summed E-state index contributed by atoms with van der Waals surface area (Å²) in [5.74, 6) is -0.709. The number of rotatable bonds is 7. The van der Waals surface area contributed by atoms with Crippen LogP contribution in [0.15, 0.2) is 24.3 Å². The standard InChI is InChI=1S/C22H33N3O4S/c1-4-14-30(28,29)24-15-20(26)25(19-12-10-17(5-2)11-13-19)22(3,16-24)21(27)23-18-8-6-7-9-18/h10-13,18H,4-9,14-16H2,1-3H3,(H,23,27). The Morgan fingerprint density at radius 3 is 2.37 bits per heavy atom. The highest BCUT2D eigenvalue weighted by molar-refractivity contribution is 7.89. The van der Waals surface area contributed by atoms with E-state index in [2.05, 4.69) is 12.2 Å². The van der Waals surface area contributed by atoms with Gasteiger partial charge >= 0.3 is 0 Å². The molecule has 0 bridgehead atoms. The minimum absolute atomic E-state index is 0.0359. The summed E-state index contributed by atoms with van der Waals surface area (Å²) in [4.78, 5) is 28.1. The van der Waals surface area contributed by atoms with Gasteiger partial charge in [-0.15, -0.1) is 0 Å². The maximum absolute atomic E-state index is 13.4. The van der Waals surface area contributed by atoms with Crippen molar-refractivity contribution >= 4 is 27.5 Å². The predicted octanol–water partition coefficient (Wildman–Crippen LogP) is 2.45. The van der Waals surface area contributed by atoms with Crippen molar-refractivity contribution in [3.63, 3.8) is 0 Å². The zero-order chi connectivity index (χ0) is 21.9. The molecule has 2 fully saturated rings. The summed E-state index contributed by atoms with van der Waals surface area (Å²) in [7, 11) is -3.61. The van der Waals surface area contributed by atoms with Gasteiger partial charge in [0.2, 0.25) is 21.8 Å². The van der Waals surface area contributed by atoms with Crippen molar-refractivity contribution in [3.8, 4) is 0 Å². The second kappa shape index (κ2) is 9.06. The van der Waals surface area contributed by atoms with Crippen LogP contribution in [-0.4, -0.2) is 55.0 Å². The molecule has 1 heterocycles. The molecular weight excluding hydrogens is 402 g/mol. The van der Waals surface area contributed by atoms with Gasteiger partial charge in [0.05, 0.1) is 12.3 Å². The molecule has 3 rings (SSSR count). The first-order valence-electron chi connectivity index (χ1n) is 10.9. The minimum Gasteiger partial charge on any atom is -0.351 e. The van der Waals surface area contributed by atoms with E-state index in [0.717, 1.165) is 37.7 Å². The minimum atomic E-state index is -3.61. The number of amides is 2. The van der Waals surface area contributed by atoms with Crippen LogP contribution in [0.4, 0.5) is 5.69 Å². The lowest BCUT2D eigenvalue weighted by molar-refractivity contribution is -0.133. The van der Waals surface area contributed by atoms with Gasteiger partial charge in [0.15, 0.2) is 0 Å². The van der Waals surface area contributed by atoms with Crippen LogP contribution in [0, 0.1) is 0 Å². The molecular formula is C22H33N3O4S. The largest absolute Gasteiger partial charge is 0.351 e. The fraction of sp³-hybridized carbons (Fsp3) is 0.636. The molecule has 1 aromatic carbocycles. The Balaban J connectivity index is 1.97. The molecule has 8 heteroatoms. The first-order valence-corrected chi connectivity index (χ1v) is 12.5. The molecule has 30 heavy (non-hydrogen) atoms. The molecule has 1 aliphatic heterocycles. The SMILES string of the molecule is CCCS(=O)(=O)N1CC(=O)N(c2ccc(CC)cc2)C(C)(C(=O)NC2CCCC2)C1. The van der Waals surface area contributed by atoms with Crippen molar-refractivity contribution < 1.29 is 18.0 Å². The van der Waals surface area contributed by atoms with Crippen molar-refractivity contribution in [2.45, 2.75) is 70.9 Å². The van der Waals surface area contributed by atoms with E-state index in [1.807, 2.05) is 24.3 Å². The Labute approximate surface area is 179 Å². The second-order valence-corrected chi connectivity index (χ2v) is 10.7. The monoisotopic (exact) mass is 435 g/mol. The number of aryl methyl sites for hydroxylation is 1. The van der Waals surface area contributed by atoms with Gasteiger partial charge in [-0.1, -0.05) is 38.8 Å². The molecule has 1 aromatic rings. The van der Waals surface area contributed by atoms with E-state index >= 15 is 0 Å². The number of hydrogen-bond donors (Lipinski definition) is 1. The Bertz CT molecular complexity index is 878. The number of nitrogens with zero attached hydrogens (tertiary/aromatic N) is 2. The summed E-state index contributed by atoms with van der Waals surface area (Å²) in [5.41, 5.74) is 0.438. The number of anilines is 1. The normalized spacial score (nSPS) is 23.7. The van der Waals surface area contributed by atoms with Gasteiger partial charge in [-0.05, 0) is 50.3 Å². The molecule has 2 aliphatic rings. The zero-order valence-electron chi connectivity index (χ0n) is 18.2. The molecule has 166 valence electrons. The summed E-state index contributed by atoms with van der Waals surface area (Å²) in [6, 6.07) is 7.65. The lowest BCUT2D eigenvalue weighted by Crippen LogP contribution is -2.70. The molecule has 7 nitrogen and oxygen atoms in total. The highest BCUT2D eigenvalue weighted by Gasteiger charge is 2.51. The predicted molar refractivity (Wildman–Crippen MR) is 118 cm³/mol. The maximum atomic E-state index is 13.4. The number of piperazine rings is 1. The Morgan fingerprint density at radius 2 is 1.80 bits per heavy atom. The lowest BCUT2D eigenvalue weighted by Gasteiger charge is -2.47. The molecule has 1 atom stereocenters. The van der Waals surface area contributed by atoms with Crippen molar-refractivity contribution in [1.82, 2.24) is 9.62 Å². The van der Waals surface area contributed by atoms with Crippen molar-refractivity contribution in [1.29, 1.82) is 0 Å². The first kappa shape index (κ1) is 22.7. The Morgan fingerprint density at radius 1 is 1.17 bits per heavy atom. The van der Waals surface area contributed by atoms with Crippen LogP contribution in [0.1, 0.15) is 58.4 Å². The molecule has 1 saturated carbocycles. The Kier molecular flexibility index (Phi) is 6.87. The molecule has 2 amide bonds. The summed E-state index contributed by atoms with van der Waals surface area (Å²) in [5, 5.41) is 3.08. The molecule has 1 N–H and O–H groups in total.